The minimum atomic E-state index is 0.480. The molecule has 6 nitrogen and oxygen atoms in total. The van der Waals surface area contributed by atoms with Crippen LogP contribution in [0.4, 0.5) is 5.82 Å². The maximum absolute atomic E-state index is 5.58. The predicted octanol–water partition coefficient (Wildman–Crippen LogP) is 0.405. The van der Waals surface area contributed by atoms with Crippen LogP contribution in [0.1, 0.15) is 5.69 Å². The van der Waals surface area contributed by atoms with Crippen LogP contribution in [0.15, 0.2) is 16.9 Å². The van der Waals surface area contributed by atoms with E-state index in [0.717, 1.165) is 10.2 Å². The molecule has 0 atom stereocenters. The smallest absolute Gasteiger partial charge is 0.159 e. The molecule has 0 aliphatic heterocycles. The summed E-state index contributed by atoms with van der Waals surface area (Å²) >= 11 is 3.29. The van der Waals surface area contributed by atoms with E-state index < -0.39 is 0 Å². The highest BCUT2D eigenvalue weighted by molar-refractivity contribution is 9.10. The third-order valence-corrected chi connectivity index (χ3v) is 2.33. The molecule has 0 spiro atoms. The Morgan fingerprint density at radius 1 is 1.50 bits per heavy atom. The van der Waals surface area contributed by atoms with Crippen molar-refractivity contribution < 1.29 is 0 Å². The molecule has 0 saturated carbocycles. The first-order valence-electron chi connectivity index (χ1n) is 3.99. The fraction of sp³-hybridized carbons (Fsp3) is 0.286. The van der Waals surface area contributed by atoms with Crippen LogP contribution < -0.4 is 5.73 Å². The van der Waals surface area contributed by atoms with Crippen molar-refractivity contribution in [3.8, 4) is 0 Å². The third-order valence-electron chi connectivity index (χ3n) is 1.72. The minimum Gasteiger partial charge on any atom is -0.381 e. The number of hydrogen-bond donors (Lipinski definition) is 1. The molecule has 0 amide bonds. The molecule has 74 valence electrons. The largest absolute Gasteiger partial charge is 0.381 e. The van der Waals surface area contributed by atoms with E-state index in [1.54, 1.807) is 9.36 Å². The van der Waals surface area contributed by atoms with Crippen LogP contribution in [-0.2, 0) is 13.6 Å². The van der Waals surface area contributed by atoms with Crippen molar-refractivity contribution in [2.75, 3.05) is 5.73 Å². The van der Waals surface area contributed by atoms with Crippen molar-refractivity contribution >= 4 is 21.7 Å². The SMILES string of the molecule is Cn1cc(Cn2cc(Br)c(N)n2)nn1. The van der Waals surface area contributed by atoms with Crippen LogP contribution in [0.2, 0.25) is 0 Å². The summed E-state index contributed by atoms with van der Waals surface area (Å²) in [7, 11) is 1.82. The van der Waals surface area contributed by atoms with Gasteiger partial charge in [-0.1, -0.05) is 5.21 Å². The first kappa shape index (κ1) is 9.20. The highest BCUT2D eigenvalue weighted by Gasteiger charge is 2.04. The average molecular weight is 257 g/mol. The Morgan fingerprint density at radius 2 is 2.29 bits per heavy atom. The number of nitrogen functional groups attached to an aromatic ring is 1. The van der Waals surface area contributed by atoms with Gasteiger partial charge in [0.05, 0.1) is 11.0 Å². The molecule has 2 heterocycles. The maximum atomic E-state index is 5.58. The lowest BCUT2D eigenvalue weighted by Gasteiger charge is -1.94. The van der Waals surface area contributed by atoms with Crippen LogP contribution in [0.3, 0.4) is 0 Å². The van der Waals surface area contributed by atoms with Gasteiger partial charge in [0.25, 0.3) is 0 Å². The van der Waals surface area contributed by atoms with Crippen LogP contribution in [0.25, 0.3) is 0 Å². The first-order valence-corrected chi connectivity index (χ1v) is 4.78. The van der Waals surface area contributed by atoms with Crippen LogP contribution in [0, 0.1) is 0 Å². The summed E-state index contributed by atoms with van der Waals surface area (Å²) < 4.78 is 4.15. The molecular formula is C7H9BrN6. The number of rotatable bonds is 2. The van der Waals surface area contributed by atoms with Gasteiger partial charge in [-0.05, 0) is 15.9 Å². The van der Waals surface area contributed by atoms with Gasteiger partial charge in [0.15, 0.2) is 5.82 Å². The Labute approximate surface area is 88.8 Å². The summed E-state index contributed by atoms with van der Waals surface area (Å²) in [5, 5.41) is 11.9. The summed E-state index contributed by atoms with van der Waals surface area (Å²) in [4.78, 5) is 0. The number of nitrogens with two attached hydrogens (primary N) is 1. The number of aryl methyl sites for hydroxylation is 1. The molecular weight excluding hydrogens is 248 g/mol. The monoisotopic (exact) mass is 256 g/mol. The minimum absolute atomic E-state index is 0.480. The number of halogens is 1. The lowest BCUT2D eigenvalue weighted by atomic mass is 10.5. The van der Waals surface area contributed by atoms with Crippen molar-refractivity contribution in [1.82, 2.24) is 24.8 Å². The second-order valence-corrected chi connectivity index (χ2v) is 3.80. The topological polar surface area (TPSA) is 74.5 Å². The highest BCUT2D eigenvalue weighted by Crippen LogP contribution is 2.16. The Morgan fingerprint density at radius 3 is 2.79 bits per heavy atom. The molecule has 7 heteroatoms. The van der Waals surface area contributed by atoms with Crippen LogP contribution in [-0.4, -0.2) is 24.8 Å². The molecule has 0 fully saturated rings. The molecule has 0 radical (unpaired) electrons. The van der Waals surface area contributed by atoms with Gasteiger partial charge in [0, 0.05) is 19.4 Å². The van der Waals surface area contributed by atoms with Crippen molar-refractivity contribution in [3.63, 3.8) is 0 Å². The van der Waals surface area contributed by atoms with E-state index in [2.05, 4.69) is 31.3 Å². The van der Waals surface area contributed by atoms with Crippen LogP contribution >= 0.6 is 15.9 Å². The molecule has 2 rings (SSSR count). The Kier molecular flexibility index (Phi) is 2.24. The van der Waals surface area contributed by atoms with E-state index in [1.165, 1.54) is 0 Å². The van der Waals surface area contributed by atoms with Crippen LogP contribution in [0.5, 0.6) is 0 Å². The van der Waals surface area contributed by atoms with E-state index in [0.29, 0.717) is 12.4 Å². The maximum Gasteiger partial charge on any atom is 0.159 e. The Balaban J connectivity index is 2.18. The van der Waals surface area contributed by atoms with Gasteiger partial charge in [0.2, 0.25) is 0 Å². The number of anilines is 1. The lowest BCUT2D eigenvalue weighted by Crippen LogP contribution is -2.01. The quantitative estimate of drug-likeness (QED) is 0.845. The van der Waals surface area contributed by atoms with Crippen molar-refractivity contribution in [3.05, 3.63) is 22.6 Å². The van der Waals surface area contributed by atoms with Gasteiger partial charge in [0.1, 0.15) is 5.69 Å². The molecule has 2 aromatic heterocycles. The second-order valence-electron chi connectivity index (χ2n) is 2.94. The van der Waals surface area contributed by atoms with E-state index in [4.69, 9.17) is 5.73 Å². The first-order chi connectivity index (χ1) is 6.65. The van der Waals surface area contributed by atoms with E-state index in [1.807, 2.05) is 19.4 Å². The van der Waals surface area contributed by atoms with E-state index >= 15 is 0 Å². The summed E-state index contributed by atoms with van der Waals surface area (Å²) in [6.45, 7) is 0.573. The van der Waals surface area contributed by atoms with Gasteiger partial charge in [-0.2, -0.15) is 5.10 Å². The van der Waals surface area contributed by atoms with E-state index in [9.17, 15) is 0 Å². The number of hydrogen-bond acceptors (Lipinski definition) is 4. The summed E-state index contributed by atoms with van der Waals surface area (Å²) in [6.07, 6.45) is 3.65. The number of nitrogens with zero attached hydrogens (tertiary/aromatic N) is 5. The highest BCUT2D eigenvalue weighted by atomic mass is 79.9. The molecule has 14 heavy (non-hydrogen) atoms. The van der Waals surface area contributed by atoms with Gasteiger partial charge >= 0.3 is 0 Å². The molecule has 0 aromatic carbocycles. The third kappa shape index (κ3) is 1.77. The fourth-order valence-corrected chi connectivity index (χ4v) is 1.44. The molecule has 0 aliphatic rings. The van der Waals surface area contributed by atoms with Gasteiger partial charge in [-0.25, -0.2) is 0 Å². The number of aromatic nitrogens is 5. The van der Waals surface area contributed by atoms with Crippen molar-refractivity contribution in [2.45, 2.75) is 6.54 Å². The molecule has 0 saturated heterocycles. The normalized spacial score (nSPS) is 10.7. The zero-order chi connectivity index (χ0) is 10.1. The van der Waals surface area contributed by atoms with Crippen molar-refractivity contribution in [2.24, 2.45) is 7.05 Å². The standard InChI is InChI=1S/C7H9BrN6/c1-13-2-5(10-12-13)3-14-4-6(8)7(9)11-14/h2,4H,3H2,1H3,(H2,9,11). The Hall–Kier alpha value is -1.37. The van der Waals surface area contributed by atoms with Gasteiger partial charge in [-0.15, -0.1) is 5.10 Å². The molecule has 0 unspecified atom stereocenters. The summed E-state index contributed by atoms with van der Waals surface area (Å²) in [5.41, 5.74) is 6.43. The van der Waals surface area contributed by atoms with Crippen molar-refractivity contribution in [1.29, 1.82) is 0 Å². The Bertz CT molecular complexity index is 425. The molecule has 2 N–H and O–H groups in total. The fourth-order valence-electron chi connectivity index (χ4n) is 1.13. The van der Waals surface area contributed by atoms with Gasteiger partial charge < -0.3 is 5.73 Å². The zero-order valence-corrected chi connectivity index (χ0v) is 9.14. The molecule has 0 bridgehead atoms. The second kappa shape index (κ2) is 3.41. The van der Waals surface area contributed by atoms with Gasteiger partial charge in [-0.3, -0.25) is 9.36 Å². The predicted molar refractivity (Wildman–Crippen MR) is 54.4 cm³/mol. The average Bonchev–Trinajstić information content (AvgIpc) is 2.62. The zero-order valence-electron chi connectivity index (χ0n) is 7.55. The molecule has 0 aliphatic carbocycles. The lowest BCUT2D eigenvalue weighted by molar-refractivity contribution is 0.670. The van der Waals surface area contributed by atoms with E-state index in [-0.39, 0.29) is 0 Å². The molecule has 2 aromatic rings. The summed E-state index contributed by atoms with van der Waals surface area (Å²) in [6, 6.07) is 0. The summed E-state index contributed by atoms with van der Waals surface area (Å²) in [5.74, 6) is 0.480.